The van der Waals surface area contributed by atoms with Crippen molar-refractivity contribution in [1.29, 1.82) is 0 Å². The summed E-state index contributed by atoms with van der Waals surface area (Å²) in [4.78, 5) is 27.7. The second-order valence-electron chi connectivity index (χ2n) is 5.61. The highest BCUT2D eigenvalue weighted by atomic mass is 32.2. The van der Waals surface area contributed by atoms with E-state index in [1.165, 1.54) is 28.9 Å². The number of fused-ring (bicyclic) bond motifs is 2. The number of para-hydroxylation sites is 1. The molecule has 3 heterocycles. The normalized spacial score (nSPS) is 18.0. The zero-order valence-corrected chi connectivity index (χ0v) is 14.7. The van der Waals surface area contributed by atoms with Gasteiger partial charge in [-0.15, -0.1) is 11.7 Å². The maximum atomic E-state index is 12.8. The Balaban J connectivity index is 1.88. The highest BCUT2D eigenvalue weighted by molar-refractivity contribution is 8.14. The molecule has 27 heavy (non-hydrogen) atoms. The first-order chi connectivity index (χ1) is 13.1. The Morgan fingerprint density at radius 1 is 1.37 bits per heavy atom. The van der Waals surface area contributed by atoms with E-state index in [4.69, 9.17) is 4.42 Å². The minimum absolute atomic E-state index is 0.222. The van der Waals surface area contributed by atoms with Crippen molar-refractivity contribution in [2.45, 2.75) is 6.17 Å². The number of carbonyl (C=O) groups is 1. The molecule has 0 unspecified atom stereocenters. The number of nitrogens with one attached hydrogen (secondary N) is 1. The van der Waals surface area contributed by atoms with Crippen molar-refractivity contribution >= 4 is 34.4 Å². The van der Waals surface area contributed by atoms with Gasteiger partial charge >= 0.3 is 5.88 Å². The van der Waals surface area contributed by atoms with Crippen molar-refractivity contribution in [1.82, 2.24) is 10.3 Å². The number of carbonyl (C=O) groups excluding carboxylic acids is 1. The number of nitro groups is 1. The highest BCUT2D eigenvalue weighted by Gasteiger charge is 2.36. The third kappa shape index (κ3) is 2.99. The topological polar surface area (TPSA) is 113 Å². The van der Waals surface area contributed by atoms with E-state index in [-0.39, 0.29) is 11.7 Å². The second kappa shape index (κ2) is 6.72. The molecule has 1 aromatic carbocycles. The van der Waals surface area contributed by atoms with E-state index in [1.807, 2.05) is 0 Å². The Morgan fingerprint density at radius 2 is 2.19 bits per heavy atom. The van der Waals surface area contributed by atoms with Crippen LogP contribution in [-0.4, -0.2) is 26.8 Å². The second-order valence-corrected chi connectivity index (χ2v) is 6.61. The first-order valence-electron chi connectivity index (χ1n) is 7.92. The van der Waals surface area contributed by atoms with Gasteiger partial charge in [0.1, 0.15) is 10.6 Å². The SMILES string of the molecule is C=CCSC1=NN2C(=c3ccccc3=N[C@@H]2c2ccc([N+](=O)[O-])o2)C(=O)N1. The van der Waals surface area contributed by atoms with Gasteiger partial charge in [-0.05, 0) is 12.1 Å². The lowest BCUT2D eigenvalue weighted by Crippen LogP contribution is -2.50. The minimum atomic E-state index is -0.825. The van der Waals surface area contributed by atoms with E-state index in [1.54, 1.807) is 30.3 Å². The molecule has 1 atom stereocenters. The van der Waals surface area contributed by atoms with Crippen LogP contribution in [0.1, 0.15) is 11.9 Å². The van der Waals surface area contributed by atoms with Gasteiger partial charge in [-0.1, -0.05) is 36.0 Å². The summed E-state index contributed by atoms with van der Waals surface area (Å²) in [6.45, 7) is 3.65. The largest absolute Gasteiger partial charge is 0.433 e. The van der Waals surface area contributed by atoms with Gasteiger partial charge in [0.05, 0.1) is 11.4 Å². The molecule has 2 aliphatic rings. The molecule has 0 radical (unpaired) electrons. The quantitative estimate of drug-likeness (QED) is 0.483. The molecule has 136 valence electrons. The van der Waals surface area contributed by atoms with Crippen LogP contribution < -0.4 is 15.9 Å². The van der Waals surface area contributed by atoms with Crippen LogP contribution in [-0.2, 0) is 4.79 Å². The van der Waals surface area contributed by atoms with Crippen molar-refractivity contribution in [2.24, 2.45) is 10.1 Å². The summed E-state index contributed by atoms with van der Waals surface area (Å²) >= 11 is 1.31. The van der Waals surface area contributed by atoms with Crippen molar-refractivity contribution < 1.29 is 14.1 Å². The maximum absolute atomic E-state index is 12.8. The van der Waals surface area contributed by atoms with Crippen LogP contribution in [0.4, 0.5) is 5.88 Å². The number of nitrogens with zero attached hydrogens (tertiary/aromatic N) is 4. The minimum Gasteiger partial charge on any atom is -0.401 e. The van der Waals surface area contributed by atoms with Gasteiger partial charge in [0.2, 0.25) is 6.17 Å². The van der Waals surface area contributed by atoms with Crippen LogP contribution in [0.15, 0.2) is 63.6 Å². The van der Waals surface area contributed by atoms with Crippen LogP contribution >= 0.6 is 11.8 Å². The Kier molecular flexibility index (Phi) is 4.24. The molecule has 4 rings (SSSR count). The van der Waals surface area contributed by atoms with Gasteiger partial charge in [-0.25, -0.2) is 10.0 Å². The number of amidine groups is 1. The average molecular weight is 383 g/mol. The molecule has 9 nitrogen and oxygen atoms in total. The molecule has 2 aromatic rings. The van der Waals surface area contributed by atoms with Crippen LogP contribution in [0.25, 0.3) is 5.70 Å². The smallest absolute Gasteiger partial charge is 0.401 e. The molecule has 1 amide bonds. The molecule has 10 heteroatoms. The predicted octanol–water partition coefficient (Wildman–Crippen LogP) is 1.25. The Hall–Kier alpha value is -3.40. The molecular weight excluding hydrogens is 370 g/mol. The lowest BCUT2D eigenvalue weighted by molar-refractivity contribution is -0.402. The Labute approximate surface area is 156 Å². The average Bonchev–Trinajstić information content (AvgIpc) is 3.15. The molecule has 0 aliphatic carbocycles. The predicted molar refractivity (Wildman–Crippen MR) is 98.8 cm³/mol. The van der Waals surface area contributed by atoms with Crippen molar-refractivity contribution in [2.75, 3.05) is 5.75 Å². The number of furan rings is 1. The fraction of sp³-hybridized carbons (Fsp3) is 0.118. The molecular formula is C17H13N5O4S. The highest BCUT2D eigenvalue weighted by Crippen LogP contribution is 2.33. The fourth-order valence-corrected chi connectivity index (χ4v) is 3.38. The molecule has 0 bridgehead atoms. The molecule has 1 N–H and O–H groups in total. The van der Waals surface area contributed by atoms with Crippen LogP contribution in [0.5, 0.6) is 0 Å². The van der Waals surface area contributed by atoms with Gasteiger partial charge < -0.3 is 4.42 Å². The number of rotatable bonds is 4. The number of benzene rings is 1. The molecule has 2 aliphatic heterocycles. The maximum Gasteiger partial charge on any atom is 0.433 e. The van der Waals surface area contributed by atoms with Gasteiger partial charge in [0.15, 0.2) is 10.9 Å². The van der Waals surface area contributed by atoms with Crippen LogP contribution in [0, 0.1) is 10.1 Å². The number of hydrogen-bond acceptors (Lipinski definition) is 8. The molecule has 0 spiro atoms. The molecule has 1 aromatic heterocycles. The number of hydrazone groups is 1. The summed E-state index contributed by atoms with van der Waals surface area (Å²) in [5.41, 5.74) is 0.313. The van der Waals surface area contributed by atoms with E-state index in [0.717, 1.165) is 0 Å². The Morgan fingerprint density at radius 3 is 2.93 bits per heavy atom. The van der Waals surface area contributed by atoms with Gasteiger partial charge in [-0.3, -0.25) is 20.2 Å². The number of amides is 1. The third-order valence-electron chi connectivity index (χ3n) is 3.90. The number of thioether (sulfide) groups is 1. The lowest BCUT2D eigenvalue weighted by atomic mass is 10.1. The summed E-state index contributed by atoms with van der Waals surface area (Å²) in [5, 5.41) is 21.2. The summed E-state index contributed by atoms with van der Waals surface area (Å²) < 4.78 is 5.33. The van der Waals surface area contributed by atoms with E-state index in [0.29, 0.717) is 27.2 Å². The van der Waals surface area contributed by atoms with Crippen molar-refractivity contribution in [3.05, 3.63) is 75.5 Å². The monoisotopic (exact) mass is 383 g/mol. The van der Waals surface area contributed by atoms with E-state index >= 15 is 0 Å². The summed E-state index contributed by atoms with van der Waals surface area (Å²) in [6.07, 6.45) is 0.871. The Bertz CT molecular complexity index is 1110. The lowest BCUT2D eigenvalue weighted by Gasteiger charge is -2.32. The first-order valence-corrected chi connectivity index (χ1v) is 8.91. The zero-order chi connectivity index (χ0) is 19.0. The summed E-state index contributed by atoms with van der Waals surface area (Å²) in [7, 11) is 0. The molecule has 0 saturated heterocycles. The van der Waals surface area contributed by atoms with Crippen LogP contribution in [0.3, 0.4) is 0 Å². The van der Waals surface area contributed by atoms with Crippen molar-refractivity contribution in [3.63, 3.8) is 0 Å². The standard InChI is InChI=1S/C17H13N5O4S/c1-2-9-27-17-19-16(23)14-10-5-3-4-6-11(10)18-15(21(14)20-17)12-7-8-13(26-12)22(24)25/h2-8,15H,1,9H2,(H,19,20,23)/t15-/m0/s1. The van der Waals surface area contributed by atoms with Crippen molar-refractivity contribution in [3.8, 4) is 0 Å². The molecule has 0 fully saturated rings. The first kappa shape index (κ1) is 17.0. The fourth-order valence-electron chi connectivity index (χ4n) is 2.79. The molecule has 0 saturated carbocycles. The van der Waals surface area contributed by atoms with Crippen LogP contribution in [0.2, 0.25) is 0 Å². The van der Waals surface area contributed by atoms with E-state index in [2.05, 4.69) is 22.0 Å². The van der Waals surface area contributed by atoms with Gasteiger partial charge in [0.25, 0.3) is 5.91 Å². The summed E-state index contributed by atoms with van der Waals surface area (Å²) in [5.74, 6) is 0.0601. The van der Waals surface area contributed by atoms with E-state index in [9.17, 15) is 14.9 Å². The number of hydrogen-bond donors (Lipinski definition) is 1. The van der Waals surface area contributed by atoms with Gasteiger partial charge in [-0.2, -0.15) is 0 Å². The van der Waals surface area contributed by atoms with E-state index < -0.39 is 17.0 Å². The zero-order valence-electron chi connectivity index (χ0n) is 13.9. The summed E-state index contributed by atoms with van der Waals surface area (Å²) in [6, 6.07) is 9.87. The van der Waals surface area contributed by atoms with Gasteiger partial charge in [0, 0.05) is 11.0 Å². The third-order valence-corrected chi connectivity index (χ3v) is 4.76.